The Morgan fingerprint density at radius 3 is 1.17 bits per heavy atom. The third-order valence-corrected chi connectivity index (χ3v) is 6.02. The summed E-state index contributed by atoms with van der Waals surface area (Å²) in [6, 6.07) is 31.1. The van der Waals surface area contributed by atoms with E-state index in [0.29, 0.717) is 0 Å². The van der Waals surface area contributed by atoms with Gasteiger partial charge in [-0.3, -0.25) is 12.2 Å². The molecule has 41 heavy (non-hydrogen) atoms. The standard InChI is InChI=1S/C14H14.2C9H13.C7H7.CH3.Zr/c1-3-7-13(8-4-1)11-12-14-9-5-2-6-10-14;2*1-8(2)7-9-5-3-4-6-9;1-7-5-3-2-4-6-7;;/h1-10H,11-12H2;2*3,5,8H,4,7H2,1-2H3;2-6H,1H2;1H3;/q;4*-1;+4. The van der Waals surface area contributed by atoms with Crippen LogP contribution in [-0.2, 0) is 39.0 Å². The molecule has 0 radical (unpaired) electrons. The van der Waals surface area contributed by atoms with Crippen LogP contribution in [0.5, 0.6) is 0 Å². The van der Waals surface area contributed by atoms with E-state index in [-0.39, 0.29) is 33.6 Å². The third-order valence-electron chi connectivity index (χ3n) is 6.02. The van der Waals surface area contributed by atoms with Gasteiger partial charge in [0.1, 0.15) is 0 Å². The monoisotopic (exact) mass is 620 g/mol. The molecule has 0 aliphatic heterocycles. The molecule has 214 valence electrons. The maximum Gasteiger partial charge on any atom is 4.00 e. The summed E-state index contributed by atoms with van der Waals surface area (Å²) in [5.41, 5.74) is 6.69. The second-order valence-electron chi connectivity index (χ2n) is 10.8. The summed E-state index contributed by atoms with van der Waals surface area (Å²) in [5.74, 6) is 1.55. The predicted molar refractivity (Wildman–Crippen MR) is 178 cm³/mol. The number of allylic oxidation sites excluding steroid dienone is 8. The number of hydrogen-bond donors (Lipinski definition) is 0. The molecule has 1 heteroatoms. The summed E-state index contributed by atoms with van der Waals surface area (Å²) in [6.45, 7) is 12.7. The Hall–Kier alpha value is -2.63. The minimum absolute atomic E-state index is 0. The minimum Gasteiger partial charge on any atom is -0.358 e. The van der Waals surface area contributed by atoms with Gasteiger partial charge in [-0.15, -0.1) is 25.0 Å². The maximum atomic E-state index is 3.72. The van der Waals surface area contributed by atoms with Gasteiger partial charge in [0.25, 0.3) is 0 Å². The van der Waals surface area contributed by atoms with Gasteiger partial charge in [-0.05, 0) is 35.8 Å². The van der Waals surface area contributed by atoms with E-state index in [1.807, 2.05) is 30.3 Å². The van der Waals surface area contributed by atoms with Gasteiger partial charge in [-0.25, -0.2) is 23.3 Å². The number of hydrogen-bond acceptors (Lipinski definition) is 0. The molecular formula is C40H50Zr. The van der Waals surface area contributed by atoms with E-state index in [1.54, 1.807) is 0 Å². The van der Waals surface area contributed by atoms with Gasteiger partial charge in [-0.2, -0.15) is 36.8 Å². The fourth-order valence-electron chi connectivity index (χ4n) is 4.12. The summed E-state index contributed by atoms with van der Waals surface area (Å²) < 4.78 is 0. The molecule has 0 spiro atoms. The Balaban J connectivity index is 0.000000530. The zero-order valence-electron chi connectivity index (χ0n) is 26.1. The van der Waals surface area contributed by atoms with Gasteiger partial charge in [0.05, 0.1) is 0 Å². The van der Waals surface area contributed by atoms with Crippen molar-refractivity contribution in [2.75, 3.05) is 0 Å². The minimum atomic E-state index is 0. The molecule has 5 rings (SSSR count). The topological polar surface area (TPSA) is 0 Å². The van der Waals surface area contributed by atoms with Gasteiger partial charge < -0.3 is 7.43 Å². The third kappa shape index (κ3) is 20.0. The van der Waals surface area contributed by atoms with E-state index in [9.17, 15) is 0 Å². The van der Waals surface area contributed by atoms with Crippen molar-refractivity contribution in [1.29, 1.82) is 0 Å². The van der Waals surface area contributed by atoms with Gasteiger partial charge in [0, 0.05) is 0 Å². The smallest absolute Gasteiger partial charge is 0.358 e. The molecule has 0 unspecified atom stereocenters. The summed E-state index contributed by atoms with van der Waals surface area (Å²) in [4.78, 5) is 0. The Kier molecular flexibility index (Phi) is 22.5. The van der Waals surface area contributed by atoms with Crippen molar-refractivity contribution >= 4 is 0 Å². The van der Waals surface area contributed by atoms with Crippen molar-refractivity contribution < 1.29 is 26.2 Å². The molecule has 0 saturated carbocycles. The van der Waals surface area contributed by atoms with E-state index < -0.39 is 0 Å². The second-order valence-corrected chi connectivity index (χ2v) is 10.8. The number of benzene rings is 3. The first-order chi connectivity index (χ1) is 18.9. The molecule has 3 aromatic rings. The van der Waals surface area contributed by atoms with Crippen LogP contribution in [0.25, 0.3) is 0 Å². The molecule has 0 bridgehead atoms. The SMILES string of the molecule is CC(C)CC1=[C-]CC=C1.CC(C)CC1=[C-]CC=C1.[CH2-]c1ccccc1.[CH3-].[Zr+4].c1ccc(CCc2ccccc2)cc1. The Labute approximate surface area is 272 Å². The molecule has 2 aliphatic rings. The molecule has 0 fully saturated rings. The van der Waals surface area contributed by atoms with Crippen LogP contribution in [-0.4, -0.2) is 0 Å². The van der Waals surface area contributed by atoms with Crippen molar-refractivity contribution in [3.05, 3.63) is 170 Å². The molecule has 0 atom stereocenters. The Morgan fingerprint density at radius 1 is 0.585 bits per heavy atom. The molecule has 0 aromatic heterocycles. The number of aryl methyl sites for hydroxylation is 2. The average molecular weight is 622 g/mol. The largest absolute Gasteiger partial charge is 4.00 e. The first-order valence-corrected chi connectivity index (χ1v) is 14.4. The number of rotatable bonds is 7. The fraction of sp³-hybridized carbons (Fsp3) is 0.300. The maximum absolute atomic E-state index is 3.72. The van der Waals surface area contributed by atoms with Gasteiger partial charge >= 0.3 is 26.2 Å². The molecule has 0 heterocycles. The summed E-state index contributed by atoms with van der Waals surface area (Å²) in [7, 11) is 0. The predicted octanol–water partition coefficient (Wildman–Crippen LogP) is 11.2. The molecule has 0 saturated heterocycles. The molecule has 2 aliphatic carbocycles. The summed E-state index contributed by atoms with van der Waals surface area (Å²) in [6.07, 6.45) is 22.0. The van der Waals surface area contributed by atoms with E-state index in [4.69, 9.17) is 0 Å². The molecule has 0 nitrogen and oxygen atoms in total. The quantitative estimate of drug-likeness (QED) is 0.230. The normalized spacial score (nSPS) is 12.3. The molecule has 3 aromatic carbocycles. The van der Waals surface area contributed by atoms with Crippen LogP contribution >= 0.6 is 0 Å². The van der Waals surface area contributed by atoms with Crippen molar-refractivity contribution in [3.63, 3.8) is 0 Å². The fourth-order valence-corrected chi connectivity index (χ4v) is 4.12. The summed E-state index contributed by atoms with van der Waals surface area (Å²) >= 11 is 0. The molecular weight excluding hydrogens is 572 g/mol. The molecule has 0 N–H and O–H groups in total. The van der Waals surface area contributed by atoms with Crippen molar-refractivity contribution in [3.8, 4) is 0 Å². The van der Waals surface area contributed by atoms with Crippen molar-refractivity contribution in [1.82, 2.24) is 0 Å². The van der Waals surface area contributed by atoms with E-state index in [1.165, 1.54) is 35.1 Å². The van der Waals surface area contributed by atoms with Crippen LogP contribution in [0.4, 0.5) is 0 Å². The molecule has 0 amide bonds. The van der Waals surface area contributed by atoms with Crippen LogP contribution in [0, 0.1) is 38.3 Å². The van der Waals surface area contributed by atoms with Crippen LogP contribution in [0.15, 0.2) is 126 Å². The zero-order valence-corrected chi connectivity index (χ0v) is 28.5. The van der Waals surface area contributed by atoms with Crippen LogP contribution in [0.1, 0.15) is 70.1 Å². The second kappa shape index (κ2) is 24.0. The van der Waals surface area contributed by atoms with Crippen molar-refractivity contribution in [2.45, 2.75) is 66.2 Å². The van der Waals surface area contributed by atoms with E-state index >= 15 is 0 Å². The van der Waals surface area contributed by atoms with Crippen LogP contribution in [0.2, 0.25) is 0 Å². The van der Waals surface area contributed by atoms with Gasteiger partial charge in [-0.1, -0.05) is 107 Å². The van der Waals surface area contributed by atoms with E-state index in [2.05, 4.69) is 132 Å². The van der Waals surface area contributed by atoms with Crippen LogP contribution in [0.3, 0.4) is 0 Å². The zero-order chi connectivity index (χ0) is 28.1. The first kappa shape index (κ1) is 38.4. The Morgan fingerprint density at radius 2 is 0.927 bits per heavy atom. The van der Waals surface area contributed by atoms with Gasteiger partial charge in [0.2, 0.25) is 0 Å². The first-order valence-electron chi connectivity index (χ1n) is 14.4. The average Bonchev–Trinajstić information content (AvgIpc) is 3.64. The van der Waals surface area contributed by atoms with E-state index in [0.717, 1.165) is 43.1 Å². The van der Waals surface area contributed by atoms with Crippen molar-refractivity contribution in [2.24, 2.45) is 11.8 Å². The van der Waals surface area contributed by atoms with Gasteiger partial charge in [0.15, 0.2) is 0 Å². The Bertz CT molecular complexity index is 1060. The summed E-state index contributed by atoms with van der Waals surface area (Å²) in [5, 5.41) is 0. The van der Waals surface area contributed by atoms with Crippen LogP contribution < -0.4 is 0 Å².